The highest BCUT2D eigenvalue weighted by atomic mass is 32.2. The molecule has 0 saturated heterocycles. The lowest BCUT2D eigenvalue weighted by Crippen LogP contribution is -2.17. The monoisotopic (exact) mass is 403 g/mol. The third-order valence-corrected chi connectivity index (χ3v) is 5.78. The van der Waals surface area contributed by atoms with Crippen molar-refractivity contribution in [3.8, 4) is 0 Å². The molecule has 0 bridgehead atoms. The first-order chi connectivity index (χ1) is 12.9. The quantitative estimate of drug-likeness (QED) is 0.582. The number of anilines is 2. The van der Waals surface area contributed by atoms with Crippen LogP contribution >= 0.6 is 23.1 Å². The van der Waals surface area contributed by atoms with Gasteiger partial charge in [0, 0.05) is 17.3 Å². The maximum Gasteiger partial charge on any atom is 0.234 e. The number of hydrogen-bond acceptors (Lipinski definition) is 5. The molecule has 2 aromatic carbocycles. The topological polar surface area (TPSA) is 71.1 Å². The Morgan fingerprint density at radius 2 is 1.81 bits per heavy atom. The minimum absolute atomic E-state index is 0.0362. The molecule has 140 valence electrons. The molecule has 0 aliphatic heterocycles. The van der Waals surface area contributed by atoms with Gasteiger partial charge in [0.1, 0.15) is 5.82 Å². The highest BCUT2D eigenvalue weighted by Gasteiger charge is 2.11. The number of thiazole rings is 1. The number of fused-ring (bicyclic) bond motifs is 1. The van der Waals surface area contributed by atoms with E-state index in [-0.39, 0.29) is 29.3 Å². The summed E-state index contributed by atoms with van der Waals surface area (Å²) >= 11 is 2.80. The lowest BCUT2D eigenvalue weighted by Gasteiger charge is -2.06. The van der Waals surface area contributed by atoms with Crippen molar-refractivity contribution in [1.82, 2.24) is 4.98 Å². The minimum atomic E-state index is -0.346. The molecule has 3 aromatic rings. The molecule has 0 unspecified atom stereocenters. The molecule has 27 heavy (non-hydrogen) atoms. The van der Waals surface area contributed by atoms with Crippen LogP contribution in [0.5, 0.6) is 0 Å². The summed E-state index contributed by atoms with van der Waals surface area (Å²) in [5.41, 5.74) is 2.11. The van der Waals surface area contributed by atoms with Gasteiger partial charge in [-0.05, 0) is 42.5 Å². The largest absolute Gasteiger partial charge is 0.326 e. The average Bonchev–Trinajstić information content (AvgIpc) is 3.04. The van der Waals surface area contributed by atoms with Crippen LogP contribution in [0.2, 0.25) is 0 Å². The SMILES string of the molecule is CC(C)C(=O)Nc1ccc2nc(SCC(=O)Nc3ccc(F)cc3)sc2c1. The van der Waals surface area contributed by atoms with Crippen molar-refractivity contribution < 1.29 is 14.0 Å². The van der Waals surface area contributed by atoms with Crippen LogP contribution in [0.3, 0.4) is 0 Å². The second-order valence-electron chi connectivity index (χ2n) is 6.15. The third-order valence-electron chi connectivity index (χ3n) is 3.62. The zero-order chi connectivity index (χ0) is 19.4. The number of benzene rings is 2. The van der Waals surface area contributed by atoms with Crippen LogP contribution in [0.1, 0.15) is 13.8 Å². The Balaban J connectivity index is 1.60. The number of aromatic nitrogens is 1. The Bertz CT molecular complexity index is 971. The van der Waals surface area contributed by atoms with Gasteiger partial charge in [-0.2, -0.15) is 0 Å². The van der Waals surface area contributed by atoms with E-state index in [4.69, 9.17) is 0 Å². The molecule has 0 aliphatic rings. The van der Waals surface area contributed by atoms with E-state index in [0.717, 1.165) is 20.2 Å². The molecule has 0 fully saturated rings. The summed E-state index contributed by atoms with van der Waals surface area (Å²) in [5, 5.41) is 5.58. The van der Waals surface area contributed by atoms with Crippen LogP contribution < -0.4 is 10.6 Å². The number of carbonyl (C=O) groups is 2. The van der Waals surface area contributed by atoms with Gasteiger partial charge < -0.3 is 10.6 Å². The van der Waals surface area contributed by atoms with Crippen LogP contribution in [-0.4, -0.2) is 22.6 Å². The van der Waals surface area contributed by atoms with Crippen LogP contribution in [0, 0.1) is 11.7 Å². The van der Waals surface area contributed by atoms with E-state index < -0.39 is 0 Å². The van der Waals surface area contributed by atoms with Crippen LogP contribution in [-0.2, 0) is 9.59 Å². The van der Waals surface area contributed by atoms with Crippen LogP contribution in [0.4, 0.5) is 15.8 Å². The minimum Gasteiger partial charge on any atom is -0.326 e. The predicted molar refractivity (Wildman–Crippen MR) is 109 cm³/mol. The highest BCUT2D eigenvalue weighted by Crippen LogP contribution is 2.31. The Labute approximate surface area is 164 Å². The van der Waals surface area contributed by atoms with Crippen LogP contribution in [0.15, 0.2) is 46.8 Å². The number of carbonyl (C=O) groups excluding carboxylic acids is 2. The number of nitrogens with zero attached hydrogens (tertiary/aromatic N) is 1. The summed E-state index contributed by atoms with van der Waals surface area (Å²) in [4.78, 5) is 28.3. The first kappa shape index (κ1) is 19.3. The molecule has 2 N–H and O–H groups in total. The maximum absolute atomic E-state index is 12.9. The standard InChI is InChI=1S/C19H18FN3O2S2/c1-11(2)18(25)22-14-7-8-15-16(9-14)27-19(23-15)26-10-17(24)21-13-5-3-12(20)4-6-13/h3-9,11H,10H2,1-2H3,(H,21,24)(H,22,25). The molecule has 2 amide bonds. The fraction of sp³-hybridized carbons (Fsp3) is 0.211. The van der Waals surface area contributed by atoms with Gasteiger partial charge in [-0.15, -0.1) is 11.3 Å². The van der Waals surface area contributed by atoms with Gasteiger partial charge in [0.2, 0.25) is 11.8 Å². The van der Waals surface area contributed by atoms with Gasteiger partial charge in [0.25, 0.3) is 0 Å². The molecule has 0 aliphatic carbocycles. The number of hydrogen-bond donors (Lipinski definition) is 2. The molecule has 0 saturated carbocycles. The molecule has 1 aromatic heterocycles. The first-order valence-corrected chi connectivity index (χ1v) is 10.1. The Morgan fingerprint density at radius 1 is 1.11 bits per heavy atom. The number of nitrogens with one attached hydrogen (secondary N) is 2. The van der Waals surface area contributed by atoms with Gasteiger partial charge >= 0.3 is 0 Å². The second-order valence-corrected chi connectivity index (χ2v) is 8.40. The molecule has 1 heterocycles. The zero-order valence-corrected chi connectivity index (χ0v) is 16.4. The summed E-state index contributed by atoms with van der Waals surface area (Å²) < 4.78 is 14.6. The van der Waals surface area contributed by atoms with Gasteiger partial charge in [-0.25, -0.2) is 9.37 Å². The molecule has 0 spiro atoms. The van der Waals surface area contributed by atoms with Crippen molar-refractivity contribution >= 4 is 56.5 Å². The maximum atomic E-state index is 12.9. The molecule has 0 radical (unpaired) electrons. The number of amides is 2. The van der Waals surface area contributed by atoms with Crippen LogP contribution in [0.25, 0.3) is 10.2 Å². The summed E-state index contributed by atoms with van der Waals surface area (Å²) in [6.45, 7) is 3.68. The van der Waals surface area contributed by atoms with Crippen molar-refractivity contribution in [2.24, 2.45) is 5.92 Å². The van der Waals surface area contributed by atoms with E-state index in [9.17, 15) is 14.0 Å². The first-order valence-electron chi connectivity index (χ1n) is 8.30. The number of rotatable bonds is 6. The third kappa shape index (κ3) is 5.27. The van der Waals surface area contributed by atoms with E-state index in [0.29, 0.717) is 5.69 Å². The average molecular weight is 404 g/mol. The normalized spacial score (nSPS) is 11.0. The summed E-state index contributed by atoms with van der Waals surface area (Å²) in [6.07, 6.45) is 0. The van der Waals surface area contributed by atoms with E-state index in [2.05, 4.69) is 15.6 Å². The van der Waals surface area contributed by atoms with E-state index >= 15 is 0 Å². The number of halogens is 1. The molecular formula is C19H18FN3O2S2. The lowest BCUT2D eigenvalue weighted by atomic mass is 10.2. The molecule has 8 heteroatoms. The molecule has 3 rings (SSSR count). The fourth-order valence-electron chi connectivity index (χ4n) is 2.19. The van der Waals surface area contributed by atoms with Gasteiger partial charge in [-0.3, -0.25) is 9.59 Å². The van der Waals surface area contributed by atoms with Crippen molar-refractivity contribution in [3.63, 3.8) is 0 Å². The highest BCUT2D eigenvalue weighted by molar-refractivity contribution is 8.01. The van der Waals surface area contributed by atoms with Crippen molar-refractivity contribution in [3.05, 3.63) is 48.3 Å². The predicted octanol–water partition coefficient (Wildman–Crippen LogP) is 4.76. The van der Waals surface area contributed by atoms with Gasteiger partial charge in [0.15, 0.2) is 4.34 Å². The summed E-state index contributed by atoms with van der Waals surface area (Å²) in [6, 6.07) is 11.2. The Morgan fingerprint density at radius 3 is 2.52 bits per heavy atom. The van der Waals surface area contributed by atoms with E-state index in [1.165, 1.54) is 47.4 Å². The Hall–Kier alpha value is -2.45. The van der Waals surface area contributed by atoms with Gasteiger partial charge in [0.05, 0.1) is 16.0 Å². The van der Waals surface area contributed by atoms with Crippen molar-refractivity contribution in [2.75, 3.05) is 16.4 Å². The smallest absolute Gasteiger partial charge is 0.234 e. The molecule has 5 nitrogen and oxygen atoms in total. The van der Waals surface area contributed by atoms with Crippen molar-refractivity contribution in [2.45, 2.75) is 18.2 Å². The summed E-state index contributed by atoms with van der Waals surface area (Å²) in [7, 11) is 0. The fourth-order valence-corrected chi connectivity index (χ4v) is 4.09. The van der Waals surface area contributed by atoms with E-state index in [1.54, 1.807) is 0 Å². The zero-order valence-electron chi connectivity index (χ0n) is 14.8. The van der Waals surface area contributed by atoms with Gasteiger partial charge in [-0.1, -0.05) is 25.6 Å². The molecular weight excluding hydrogens is 385 g/mol. The van der Waals surface area contributed by atoms with E-state index in [1.807, 2.05) is 32.0 Å². The van der Waals surface area contributed by atoms with Crippen molar-refractivity contribution in [1.29, 1.82) is 0 Å². The molecule has 0 atom stereocenters. The number of thioether (sulfide) groups is 1. The summed E-state index contributed by atoms with van der Waals surface area (Å²) in [5.74, 6) is -0.455. The Kier molecular flexibility index (Phi) is 6.08. The second kappa shape index (κ2) is 8.49. The lowest BCUT2D eigenvalue weighted by molar-refractivity contribution is -0.119.